The van der Waals surface area contributed by atoms with Crippen LogP contribution in [0, 0.1) is 0 Å². The fourth-order valence-corrected chi connectivity index (χ4v) is 4.00. The molecule has 0 unspecified atom stereocenters. The van der Waals surface area contributed by atoms with Crippen molar-refractivity contribution in [3.05, 3.63) is 34.4 Å². The number of halogens is 4. The SMILES string of the molecule is CCCCNc1nc(Br)cc(Sc2cc(NC(=S)N(C)OCC)cc(C(F)(F)F)c2)n1. The summed E-state index contributed by atoms with van der Waals surface area (Å²) in [6.45, 7) is 4.93. The van der Waals surface area contributed by atoms with Crippen LogP contribution in [0.1, 0.15) is 32.3 Å². The van der Waals surface area contributed by atoms with E-state index in [0.717, 1.165) is 36.7 Å². The second-order valence-electron chi connectivity index (χ2n) is 6.32. The van der Waals surface area contributed by atoms with Crippen LogP contribution in [-0.4, -0.2) is 40.3 Å². The molecule has 31 heavy (non-hydrogen) atoms. The summed E-state index contributed by atoms with van der Waals surface area (Å²) >= 11 is 9.61. The van der Waals surface area contributed by atoms with E-state index in [2.05, 4.69) is 43.5 Å². The zero-order valence-electron chi connectivity index (χ0n) is 17.2. The molecular formula is C19H23BrF3N5OS2. The van der Waals surface area contributed by atoms with Crippen molar-refractivity contribution in [3.8, 4) is 0 Å². The Morgan fingerprint density at radius 1 is 1.23 bits per heavy atom. The van der Waals surface area contributed by atoms with Crippen molar-refractivity contribution in [1.82, 2.24) is 15.0 Å². The monoisotopic (exact) mass is 537 g/mol. The summed E-state index contributed by atoms with van der Waals surface area (Å²) in [5.41, 5.74) is -0.598. The molecule has 1 aromatic carbocycles. The first-order valence-electron chi connectivity index (χ1n) is 9.48. The Balaban J connectivity index is 2.30. The first kappa shape index (κ1) is 25.6. The summed E-state index contributed by atoms with van der Waals surface area (Å²) in [7, 11) is 1.58. The Morgan fingerprint density at radius 2 is 1.97 bits per heavy atom. The second kappa shape index (κ2) is 11.8. The van der Waals surface area contributed by atoms with Crippen LogP contribution in [0.15, 0.2) is 38.8 Å². The minimum atomic E-state index is -4.51. The van der Waals surface area contributed by atoms with E-state index in [0.29, 0.717) is 33.6 Å². The third-order valence-corrected chi connectivity index (χ3v) is 5.46. The smallest absolute Gasteiger partial charge is 0.354 e. The van der Waals surface area contributed by atoms with E-state index in [1.54, 1.807) is 26.1 Å². The molecule has 0 saturated heterocycles. The summed E-state index contributed by atoms with van der Waals surface area (Å²) in [4.78, 5) is 14.2. The van der Waals surface area contributed by atoms with Crippen molar-refractivity contribution in [2.75, 3.05) is 30.8 Å². The largest absolute Gasteiger partial charge is 0.416 e. The molecule has 0 aliphatic carbocycles. The van der Waals surface area contributed by atoms with Gasteiger partial charge < -0.3 is 10.6 Å². The lowest BCUT2D eigenvalue weighted by atomic mass is 10.2. The summed E-state index contributed by atoms with van der Waals surface area (Å²) in [6, 6.07) is 5.30. The van der Waals surface area contributed by atoms with Crippen molar-refractivity contribution in [2.24, 2.45) is 0 Å². The Morgan fingerprint density at radius 3 is 2.61 bits per heavy atom. The highest BCUT2D eigenvalue weighted by atomic mass is 79.9. The molecule has 0 aliphatic rings. The van der Waals surface area contributed by atoms with Gasteiger partial charge in [-0.3, -0.25) is 4.84 Å². The van der Waals surface area contributed by atoms with E-state index in [-0.39, 0.29) is 10.8 Å². The standard InChI is InChI=1S/C19H23BrF3N5OS2/c1-4-6-7-24-17-26-15(20)11-16(27-17)31-14-9-12(19(21,22)23)8-13(10-14)25-18(30)28(3)29-5-2/h8-11H,4-7H2,1-3H3,(H,25,30)(H,24,26,27). The molecule has 2 N–H and O–H groups in total. The van der Waals surface area contributed by atoms with Gasteiger partial charge in [0.2, 0.25) is 5.95 Å². The molecule has 2 aromatic rings. The highest BCUT2D eigenvalue weighted by Crippen LogP contribution is 2.37. The average Bonchev–Trinajstić information content (AvgIpc) is 2.67. The maximum Gasteiger partial charge on any atom is 0.416 e. The van der Waals surface area contributed by atoms with Gasteiger partial charge in [0.25, 0.3) is 0 Å². The van der Waals surface area contributed by atoms with E-state index < -0.39 is 11.7 Å². The number of nitrogens with one attached hydrogen (secondary N) is 2. The number of alkyl halides is 3. The third kappa shape index (κ3) is 8.43. The number of hydrogen-bond acceptors (Lipinski definition) is 6. The maximum atomic E-state index is 13.5. The molecule has 170 valence electrons. The van der Waals surface area contributed by atoms with Crippen LogP contribution >= 0.6 is 39.9 Å². The van der Waals surface area contributed by atoms with Gasteiger partial charge in [0.15, 0.2) is 5.11 Å². The first-order valence-corrected chi connectivity index (χ1v) is 11.5. The van der Waals surface area contributed by atoms with Crippen LogP contribution in [0.5, 0.6) is 0 Å². The Kier molecular flexibility index (Phi) is 9.79. The van der Waals surface area contributed by atoms with Gasteiger partial charge in [0.1, 0.15) is 9.63 Å². The van der Waals surface area contributed by atoms with Crippen LogP contribution in [-0.2, 0) is 11.0 Å². The summed E-state index contributed by atoms with van der Waals surface area (Å²) in [6.07, 6.45) is -2.54. The quantitative estimate of drug-likeness (QED) is 0.169. The van der Waals surface area contributed by atoms with Gasteiger partial charge in [-0.25, -0.2) is 15.0 Å². The molecule has 1 heterocycles. The zero-order valence-corrected chi connectivity index (χ0v) is 20.4. The lowest BCUT2D eigenvalue weighted by Gasteiger charge is -2.20. The van der Waals surface area contributed by atoms with Crippen molar-refractivity contribution >= 4 is 56.7 Å². The fraction of sp³-hybridized carbons (Fsp3) is 0.421. The first-order chi connectivity index (χ1) is 14.6. The Bertz CT molecular complexity index is 901. The van der Waals surface area contributed by atoms with E-state index in [1.807, 2.05) is 0 Å². The number of anilines is 2. The molecule has 0 amide bonds. The molecule has 6 nitrogen and oxygen atoms in total. The molecule has 0 saturated carbocycles. The second-order valence-corrected chi connectivity index (χ2v) is 8.62. The number of aromatic nitrogens is 2. The Hall–Kier alpha value is -1.63. The molecule has 0 bridgehead atoms. The maximum absolute atomic E-state index is 13.5. The van der Waals surface area contributed by atoms with Crippen LogP contribution in [0.3, 0.4) is 0 Å². The third-order valence-electron chi connectivity index (χ3n) is 3.80. The zero-order chi connectivity index (χ0) is 23.0. The molecule has 1 aromatic heterocycles. The number of thiocarbonyl (C=S) groups is 1. The van der Waals surface area contributed by atoms with E-state index in [9.17, 15) is 13.2 Å². The molecular weight excluding hydrogens is 515 g/mol. The molecule has 0 radical (unpaired) electrons. The predicted octanol–water partition coefficient (Wildman–Crippen LogP) is 6.20. The van der Waals surface area contributed by atoms with Crippen LogP contribution in [0.4, 0.5) is 24.8 Å². The van der Waals surface area contributed by atoms with E-state index in [1.165, 1.54) is 5.06 Å². The topological polar surface area (TPSA) is 62.3 Å². The minimum absolute atomic E-state index is 0.143. The van der Waals surface area contributed by atoms with Gasteiger partial charge in [-0.15, -0.1) is 0 Å². The summed E-state index contributed by atoms with van der Waals surface area (Å²) in [5, 5.41) is 7.84. The van der Waals surface area contributed by atoms with Gasteiger partial charge in [-0.2, -0.15) is 13.2 Å². The van der Waals surface area contributed by atoms with Gasteiger partial charge in [0.05, 0.1) is 12.2 Å². The predicted molar refractivity (Wildman–Crippen MR) is 124 cm³/mol. The lowest BCUT2D eigenvalue weighted by Crippen LogP contribution is -2.31. The number of rotatable bonds is 9. The molecule has 0 aliphatic heterocycles. The molecule has 0 spiro atoms. The summed E-state index contributed by atoms with van der Waals surface area (Å²) < 4.78 is 40.9. The van der Waals surface area contributed by atoms with Crippen molar-refractivity contribution < 1.29 is 18.0 Å². The van der Waals surface area contributed by atoms with E-state index >= 15 is 0 Å². The fourth-order valence-electron chi connectivity index (χ4n) is 2.37. The number of nitrogens with zero attached hydrogens (tertiary/aromatic N) is 3. The highest BCUT2D eigenvalue weighted by Gasteiger charge is 2.31. The molecule has 0 fully saturated rings. The van der Waals surface area contributed by atoms with Gasteiger partial charge >= 0.3 is 6.18 Å². The van der Waals surface area contributed by atoms with Crippen LogP contribution < -0.4 is 10.6 Å². The van der Waals surface area contributed by atoms with Crippen molar-refractivity contribution in [3.63, 3.8) is 0 Å². The van der Waals surface area contributed by atoms with Gasteiger partial charge in [-0.05, 0) is 59.7 Å². The Labute approximate surface area is 197 Å². The van der Waals surface area contributed by atoms with Crippen molar-refractivity contribution in [1.29, 1.82) is 0 Å². The number of benzene rings is 1. The van der Waals surface area contributed by atoms with Gasteiger partial charge in [-0.1, -0.05) is 25.1 Å². The van der Waals surface area contributed by atoms with Crippen molar-refractivity contribution in [2.45, 2.75) is 42.8 Å². The number of hydrogen-bond donors (Lipinski definition) is 2. The molecule has 12 heteroatoms. The highest BCUT2D eigenvalue weighted by molar-refractivity contribution is 9.10. The average molecular weight is 538 g/mol. The number of hydroxylamine groups is 2. The number of unbranched alkanes of at least 4 members (excludes halogenated alkanes) is 1. The van der Waals surface area contributed by atoms with Crippen LogP contribution in [0.2, 0.25) is 0 Å². The summed E-state index contributed by atoms with van der Waals surface area (Å²) in [5.74, 6) is 0.412. The lowest BCUT2D eigenvalue weighted by molar-refractivity contribution is -0.137. The minimum Gasteiger partial charge on any atom is -0.354 e. The van der Waals surface area contributed by atoms with E-state index in [4.69, 9.17) is 17.1 Å². The molecule has 0 atom stereocenters. The molecule has 2 rings (SSSR count). The normalized spacial score (nSPS) is 11.3. The van der Waals surface area contributed by atoms with Gasteiger partial charge in [0, 0.05) is 30.2 Å². The van der Waals surface area contributed by atoms with Crippen LogP contribution in [0.25, 0.3) is 0 Å².